The van der Waals surface area contributed by atoms with E-state index in [4.69, 9.17) is 0 Å². The van der Waals surface area contributed by atoms with Crippen LogP contribution < -0.4 is 5.11 Å². The molecule has 0 saturated carbocycles. The Morgan fingerprint density at radius 3 is 2.56 bits per heavy atom. The fourth-order valence-corrected chi connectivity index (χ4v) is 0.835. The quantitative estimate of drug-likeness (QED) is 0.609. The molecular weight excluding hydrogens is 187 g/mol. The number of hydrogen-bond acceptors (Lipinski definition) is 1. The Morgan fingerprint density at radius 1 is 1.44 bits per heavy atom. The average Bonchev–Trinajstić information content (AvgIpc) is 1.80. The van der Waals surface area contributed by atoms with Crippen LogP contribution in [0.25, 0.3) is 0 Å². The summed E-state index contributed by atoms with van der Waals surface area (Å²) >= 11 is 2.87. The van der Waals surface area contributed by atoms with Crippen LogP contribution in [0.4, 0.5) is 4.39 Å². The van der Waals surface area contributed by atoms with E-state index >= 15 is 0 Å². The first-order valence-corrected chi connectivity index (χ1v) is 3.11. The summed E-state index contributed by atoms with van der Waals surface area (Å²) in [7, 11) is 0. The zero-order chi connectivity index (χ0) is 6.85. The van der Waals surface area contributed by atoms with E-state index in [2.05, 4.69) is 15.9 Å². The number of rotatable bonds is 0. The molecule has 0 heterocycles. The smallest absolute Gasteiger partial charge is 0.137 e. The molecule has 1 rings (SSSR count). The molecule has 0 unspecified atom stereocenters. The van der Waals surface area contributed by atoms with Gasteiger partial charge >= 0.3 is 0 Å². The molecule has 0 N–H and O–H groups in total. The van der Waals surface area contributed by atoms with Gasteiger partial charge in [-0.25, -0.2) is 4.39 Å². The third-order valence-electron chi connectivity index (χ3n) is 0.891. The molecule has 0 saturated heterocycles. The maximum atomic E-state index is 12.3. The first-order valence-electron chi connectivity index (χ1n) is 2.32. The number of benzene rings is 1. The molecule has 0 aliphatic heterocycles. The number of hydrogen-bond donors (Lipinski definition) is 0. The molecule has 0 aliphatic rings. The van der Waals surface area contributed by atoms with Crippen LogP contribution in [0.5, 0.6) is 5.75 Å². The third-order valence-corrected chi connectivity index (χ3v) is 1.50. The molecule has 0 amide bonds. The van der Waals surface area contributed by atoms with Crippen LogP contribution in [-0.2, 0) is 0 Å². The van der Waals surface area contributed by atoms with Crippen LogP contribution in [0.3, 0.4) is 0 Å². The van der Waals surface area contributed by atoms with Crippen molar-refractivity contribution >= 4 is 15.9 Å². The maximum absolute atomic E-state index is 12.3. The Hall–Kier alpha value is -0.570. The van der Waals surface area contributed by atoms with Crippen molar-refractivity contribution in [3.05, 3.63) is 28.5 Å². The van der Waals surface area contributed by atoms with Crippen molar-refractivity contribution in [2.75, 3.05) is 0 Å². The van der Waals surface area contributed by atoms with Crippen molar-refractivity contribution < 1.29 is 9.50 Å². The molecule has 1 aromatic rings. The second-order valence-electron chi connectivity index (χ2n) is 1.58. The van der Waals surface area contributed by atoms with E-state index in [0.29, 0.717) is 0 Å². The van der Waals surface area contributed by atoms with E-state index in [-0.39, 0.29) is 10.2 Å². The van der Waals surface area contributed by atoms with Gasteiger partial charge in [0.15, 0.2) is 0 Å². The lowest BCUT2D eigenvalue weighted by Crippen LogP contribution is -1.89. The summed E-state index contributed by atoms with van der Waals surface area (Å²) in [5.41, 5.74) is 0. The van der Waals surface area contributed by atoms with E-state index in [1.54, 1.807) is 0 Å². The standard InChI is InChI=1S/C6H4BrFO/c7-5-3-4(9)1-2-6(5)8/h1-3,9H/p-1. The van der Waals surface area contributed by atoms with E-state index in [9.17, 15) is 9.50 Å². The lowest BCUT2D eigenvalue weighted by Gasteiger charge is -2.03. The van der Waals surface area contributed by atoms with Gasteiger partial charge in [0.25, 0.3) is 0 Å². The molecule has 0 spiro atoms. The molecule has 0 bridgehead atoms. The molecular formula is C6H3BrFO-. The van der Waals surface area contributed by atoms with Crippen molar-refractivity contribution in [2.24, 2.45) is 0 Å². The second kappa shape index (κ2) is 2.35. The molecule has 1 nitrogen and oxygen atoms in total. The lowest BCUT2D eigenvalue weighted by molar-refractivity contribution is -0.268. The van der Waals surface area contributed by atoms with E-state index in [0.717, 1.165) is 6.07 Å². The van der Waals surface area contributed by atoms with E-state index in [1.165, 1.54) is 12.1 Å². The summed E-state index contributed by atoms with van der Waals surface area (Å²) in [6, 6.07) is 3.50. The summed E-state index contributed by atoms with van der Waals surface area (Å²) in [5.74, 6) is -0.599. The highest BCUT2D eigenvalue weighted by Crippen LogP contribution is 2.18. The fraction of sp³-hybridized carbons (Fsp3) is 0. The molecule has 0 aromatic heterocycles. The van der Waals surface area contributed by atoms with Crippen LogP contribution in [0.1, 0.15) is 0 Å². The minimum Gasteiger partial charge on any atom is -0.872 e. The Morgan fingerprint density at radius 2 is 2.11 bits per heavy atom. The molecule has 48 valence electrons. The van der Waals surface area contributed by atoms with Gasteiger partial charge in [-0.15, -0.1) is 5.75 Å². The van der Waals surface area contributed by atoms with Crippen molar-refractivity contribution in [2.45, 2.75) is 0 Å². The fourth-order valence-electron chi connectivity index (χ4n) is 0.477. The molecule has 0 aliphatic carbocycles. The minimum absolute atomic E-state index is 0.191. The Labute approximate surface area is 60.3 Å². The van der Waals surface area contributed by atoms with E-state index < -0.39 is 5.82 Å². The lowest BCUT2D eigenvalue weighted by atomic mass is 10.3. The molecule has 3 heteroatoms. The van der Waals surface area contributed by atoms with Crippen LogP contribution in [0, 0.1) is 5.82 Å². The zero-order valence-electron chi connectivity index (χ0n) is 4.40. The SMILES string of the molecule is [O-]c1ccc(F)c(Br)c1. The zero-order valence-corrected chi connectivity index (χ0v) is 5.98. The number of halogens is 2. The van der Waals surface area contributed by atoms with Crippen LogP contribution >= 0.6 is 15.9 Å². The van der Waals surface area contributed by atoms with Gasteiger partial charge in [0.1, 0.15) is 5.82 Å². The van der Waals surface area contributed by atoms with Gasteiger partial charge in [0.05, 0.1) is 4.47 Å². The van der Waals surface area contributed by atoms with Crippen LogP contribution in [0.15, 0.2) is 22.7 Å². The van der Waals surface area contributed by atoms with Gasteiger partial charge in [-0.2, -0.15) is 0 Å². The highest BCUT2D eigenvalue weighted by atomic mass is 79.9. The second-order valence-corrected chi connectivity index (χ2v) is 2.43. The predicted octanol–water partition coefficient (Wildman–Crippen LogP) is 1.66. The largest absolute Gasteiger partial charge is 0.872 e. The topological polar surface area (TPSA) is 23.1 Å². The maximum Gasteiger partial charge on any atom is 0.137 e. The van der Waals surface area contributed by atoms with Gasteiger partial charge in [-0.3, -0.25) is 0 Å². The summed E-state index contributed by atoms with van der Waals surface area (Å²) < 4.78 is 12.5. The molecule has 0 radical (unpaired) electrons. The minimum atomic E-state index is -0.408. The average molecular weight is 190 g/mol. The van der Waals surface area contributed by atoms with Gasteiger partial charge in [0.2, 0.25) is 0 Å². The first-order chi connectivity index (χ1) is 4.20. The Balaban J connectivity index is 3.17. The van der Waals surface area contributed by atoms with Crippen molar-refractivity contribution in [1.29, 1.82) is 0 Å². The summed E-state index contributed by atoms with van der Waals surface area (Å²) in [5, 5.41) is 10.4. The van der Waals surface area contributed by atoms with Crippen molar-refractivity contribution in [3.63, 3.8) is 0 Å². The van der Waals surface area contributed by atoms with Gasteiger partial charge in [-0.05, 0) is 22.0 Å². The Bertz CT molecular complexity index is 224. The van der Waals surface area contributed by atoms with Gasteiger partial charge in [0, 0.05) is 0 Å². The summed E-state index contributed by atoms with van der Waals surface area (Å²) in [6.45, 7) is 0. The van der Waals surface area contributed by atoms with Crippen LogP contribution in [-0.4, -0.2) is 0 Å². The highest BCUT2D eigenvalue weighted by molar-refractivity contribution is 9.10. The first kappa shape index (κ1) is 6.55. The van der Waals surface area contributed by atoms with Gasteiger partial charge in [-0.1, -0.05) is 12.1 Å². The molecule has 9 heavy (non-hydrogen) atoms. The van der Waals surface area contributed by atoms with Crippen molar-refractivity contribution in [3.8, 4) is 5.75 Å². The predicted molar refractivity (Wildman–Crippen MR) is 33.5 cm³/mol. The molecule has 1 aromatic carbocycles. The van der Waals surface area contributed by atoms with Crippen LogP contribution in [0.2, 0.25) is 0 Å². The van der Waals surface area contributed by atoms with Crippen molar-refractivity contribution in [1.82, 2.24) is 0 Å². The monoisotopic (exact) mass is 189 g/mol. The highest BCUT2D eigenvalue weighted by Gasteiger charge is 1.92. The third kappa shape index (κ3) is 1.42. The summed E-state index contributed by atoms with van der Waals surface area (Å²) in [6.07, 6.45) is 0. The Kier molecular flexibility index (Phi) is 1.71. The van der Waals surface area contributed by atoms with E-state index in [1.807, 2.05) is 0 Å². The molecule has 0 atom stereocenters. The normalized spacial score (nSPS) is 9.56. The molecule has 0 fully saturated rings. The summed E-state index contributed by atoms with van der Waals surface area (Å²) in [4.78, 5) is 0. The van der Waals surface area contributed by atoms with Gasteiger partial charge < -0.3 is 5.11 Å².